The Bertz CT molecular complexity index is 521. The van der Waals surface area contributed by atoms with Crippen LogP contribution in [0.3, 0.4) is 0 Å². The van der Waals surface area contributed by atoms with Crippen molar-refractivity contribution in [1.82, 2.24) is 9.55 Å². The molecule has 96 valence electrons. The summed E-state index contributed by atoms with van der Waals surface area (Å²) in [5, 5.41) is 1.04. The molecule has 2 rings (SSSR count). The van der Waals surface area contributed by atoms with Gasteiger partial charge in [0.25, 0.3) is 0 Å². The molecule has 0 radical (unpaired) electrons. The number of rotatable bonds is 7. The summed E-state index contributed by atoms with van der Waals surface area (Å²) in [4.78, 5) is 4.65. The van der Waals surface area contributed by atoms with Crippen molar-refractivity contribution in [1.29, 1.82) is 0 Å². The Morgan fingerprint density at radius 2 is 2.28 bits per heavy atom. The Morgan fingerprint density at radius 1 is 1.44 bits per heavy atom. The molecule has 0 N–H and O–H groups in total. The molecule has 0 amide bonds. The van der Waals surface area contributed by atoms with Crippen molar-refractivity contribution < 1.29 is 4.74 Å². The molecule has 4 heteroatoms. The van der Waals surface area contributed by atoms with Crippen LogP contribution in [0.5, 0.6) is 0 Å². The first-order chi connectivity index (χ1) is 8.86. The topological polar surface area (TPSA) is 27.1 Å². The van der Waals surface area contributed by atoms with Crippen molar-refractivity contribution in [2.24, 2.45) is 0 Å². The monoisotopic (exact) mass is 262 g/mol. The highest BCUT2D eigenvalue weighted by molar-refractivity contribution is 7.99. The number of ether oxygens (including phenoxy) is 1. The number of benzene rings is 1. The second-order valence-corrected chi connectivity index (χ2v) is 4.89. The Kier molecular flexibility index (Phi) is 4.84. The van der Waals surface area contributed by atoms with Crippen molar-refractivity contribution in [3.8, 4) is 0 Å². The van der Waals surface area contributed by atoms with Crippen LogP contribution in [0.25, 0.3) is 11.0 Å². The zero-order chi connectivity index (χ0) is 12.8. The molecule has 0 bridgehead atoms. The van der Waals surface area contributed by atoms with Gasteiger partial charge < -0.3 is 9.30 Å². The van der Waals surface area contributed by atoms with Crippen LogP contribution in [-0.4, -0.2) is 28.5 Å². The zero-order valence-corrected chi connectivity index (χ0v) is 11.4. The minimum Gasteiger partial charge on any atom is -0.381 e. The van der Waals surface area contributed by atoms with E-state index in [-0.39, 0.29) is 0 Å². The molecule has 1 aromatic heterocycles. The summed E-state index contributed by atoms with van der Waals surface area (Å²) in [5.74, 6) is 0.925. The molecule has 18 heavy (non-hydrogen) atoms. The Labute approximate surface area is 112 Å². The molecule has 1 heterocycles. The van der Waals surface area contributed by atoms with Gasteiger partial charge in [0.15, 0.2) is 5.16 Å². The number of imidazole rings is 1. The third-order valence-electron chi connectivity index (χ3n) is 2.59. The van der Waals surface area contributed by atoms with Crippen LogP contribution in [0.1, 0.15) is 6.92 Å². The van der Waals surface area contributed by atoms with Crippen molar-refractivity contribution in [2.75, 3.05) is 19.0 Å². The third-order valence-corrected chi connectivity index (χ3v) is 3.53. The van der Waals surface area contributed by atoms with Crippen LogP contribution in [0.4, 0.5) is 0 Å². The number of hydrogen-bond acceptors (Lipinski definition) is 3. The summed E-state index contributed by atoms with van der Waals surface area (Å²) in [6.07, 6.45) is 1.90. The first-order valence-corrected chi connectivity index (χ1v) is 7.12. The molecular weight excluding hydrogens is 244 g/mol. The molecule has 0 unspecified atom stereocenters. The first kappa shape index (κ1) is 13.2. The SMILES string of the molecule is C=CCn1c(SCCOCC)nc2ccccc21. The number of para-hydroxylation sites is 2. The van der Waals surface area contributed by atoms with Crippen molar-refractivity contribution >= 4 is 22.8 Å². The maximum absolute atomic E-state index is 5.35. The molecule has 0 fully saturated rings. The molecule has 0 aliphatic carbocycles. The first-order valence-electron chi connectivity index (χ1n) is 6.13. The fourth-order valence-electron chi connectivity index (χ4n) is 1.81. The second-order valence-electron chi connectivity index (χ2n) is 3.83. The average molecular weight is 262 g/mol. The Hall–Kier alpha value is -1.26. The van der Waals surface area contributed by atoms with Gasteiger partial charge in [-0.15, -0.1) is 6.58 Å². The maximum atomic E-state index is 5.35. The van der Waals surface area contributed by atoms with Gasteiger partial charge in [-0.1, -0.05) is 30.0 Å². The van der Waals surface area contributed by atoms with Gasteiger partial charge in [-0.05, 0) is 19.1 Å². The standard InChI is InChI=1S/C14H18N2OS/c1-3-9-16-13-8-6-5-7-12(13)15-14(16)18-11-10-17-4-2/h3,5-8H,1,4,9-11H2,2H3. The number of allylic oxidation sites excluding steroid dienone is 1. The number of hydrogen-bond donors (Lipinski definition) is 0. The van der Waals surface area contributed by atoms with E-state index in [2.05, 4.69) is 22.2 Å². The minimum absolute atomic E-state index is 0.762. The molecule has 0 atom stereocenters. The van der Waals surface area contributed by atoms with Gasteiger partial charge in [0.2, 0.25) is 0 Å². The van der Waals surface area contributed by atoms with Gasteiger partial charge in [-0.25, -0.2) is 4.98 Å². The summed E-state index contributed by atoms with van der Waals surface area (Å²) >= 11 is 1.73. The van der Waals surface area contributed by atoms with E-state index in [0.717, 1.165) is 41.7 Å². The van der Waals surface area contributed by atoms with Crippen LogP contribution >= 0.6 is 11.8 Å². The molecule has 0 aliphatic rings. The molecule has 1 aromatic carbocycles. The number of thioether (sulfide) groups is 1. The summed E-state index contributed by atoms with van der Waals surface area (Å²) in [7, 11) is 0. The van der Waals surface area contributed by atoms with Gasteiger partial charge in [-0.2, -0.15) is 0 Å². The van der Waals surface area contributed by atoms with Gasteiger partial charge in [0.1, 0.15) is 0 Å². The molecule has 0 saturated heterocycles. The third kappa shape index (κ3) is 2.94. The summed E-state index contributed by atoms with van der Waals surface area (Å²) in [5.41, 5.74) is 2.20. The van der Waals surface area contributed by atoms with E-state index >= 15 is 0 Å². The van der Waals surface area contributed by atoms with Gasteiger partial charge >= 0.3 is 0 Å². The minimum atomic E-state index is 0.762. The lowest BCUT2D eigenvalue weighted by Crippen LogP contribution is -2.00. The average Bonchev–Trinajstić information content (AvgIpc) is 2.74. The molecule has 0 saturated carbocycles. The highest BCUT2D eigenvalue weighted by atomic mass is 32.2. The van der Waals surface area contributed by atoms with Gasteiger partial charge in [0.05, 0.1) is 17.6 Å². The maximum Gasteiger partial charge on any atom is 0.169 e. The van der Waals surface area contributed by atoms with Gasteiger partial charge in [0, 0.05) is 18.9 Å². The van der Waals surface area contributed by atoms with E-state index in [9.17, 15) is 0 Å². The molecular formula is C14H18N2OS. The lowest BCUT2D eigenvalue weighted by atomic mass is 10.3. The highest BCUT2D eigenvalue weighted by Crippen LogP contribution is 2.23. The van der Waals surface area contributed by atoms with E-state index in [1.807, 2.05) is 31.2 Å². The molecule has 0 spiro atoms. The van der Waals surface area contributed by atoms with E-state index in [1.165, 1.54) is 0 Å². The normalized spacial score (nSPS) is 10.9. The quantitative estimate of drug-likeness (QED) is 0.435. The van der Waals surface area contributed by atoms with Crippen molar-refractivity contribution in [3.63, 3.8) is 0 Å². The summed E-state index contributed by atoms with van der Waals surface area (Å²) in [6, 6.07) is 8.19. The Morgan fingerprint density at radius 3 is 3.06 bits per heavy atom. The smallest absolute Gasteiger partial charge is 0.169 e. The van der Waals surface area contributed by atoms with Crippen LogP contribution in [0, 0.1) is 0 Å². The predicted octanol–water partition coefficient (Wildman–Crippen LogP) is 3.35. The van der Waals surface area contributed by atoms with E-state index in [0.29, 0.717) is 0 Å². The zero-order valence-electron chi connectivity index (χ0n) is 10.6. The van der Waals surface area contributed by atoms with Crippen LogP contribution in [0.15, 0.2) is 42.1 Å². The van der Waals surface area contributed by atoms with Gasteiger partial charge in [-0.3, -0.25) is 0 Å². The fraction of sp³-hybridized carbons (Fsp3) is 0.357. The van der Waals surface area contributed by atoms with Crippen LogP contribution in [0.2, 0.25) is 0 Å². The van der Waals surface area contributed by atoms with Crippen molar-refractivity contribution in [2.45, 2.75) is 18.6 Å². The lowest BCUT2D eigenvalue weighted by Gasteiger charge is -2.05. The van der Waals surface area contributed by atoms with Crippen LogP contribution < -0.4 is 0 Å². The molecule has 0 aliphatic heterocycles. The largest absolute Gasteiger partial charge is 0.381 e. The Balaban J connectivity index is 2.19. The number of fused-ring (bicyclic) bond motifs is 1. The lowest BCUT2D eigenvalue weighted by molar-refractivity contribution is 0.164. The number of aromatic nitrogens is 2. The molecule has 3 nitrogen and oxygen atoms in total. The molecule has 2 aromatic rings. The van der Waals surface area contributed by atoms with E-state index in [4.69, 9.17) is 4.74 Å². The second kappa shape index (κ2) is 6.61. The predicted molar refractivity (Wildman–Crippen MR) is 77.1 cm³/mol. The fourth-order valence-corrected chi connectivity index (χ4v) is 2.68. The van der Waals surface area contributed by atoms with E-state index in [1.54, 1.807) is 11.8 Å². The summed E-state index contributed by atoms with van der Waals surface area (Å²) in [6.45, 7) is 8.14. The number of nitrogens with zero attached hydrogens (tertiary/aromatic N) is 2. The summed E-state index contributed by atoms with van der Waals surface area (Å²) < 4.78 is 7.54. The van der Waals surface area contributed by atoms with Crippen molar-refractivity contribution in [3.05, 3.63) is 36.9 Å². The van der Waals surface area contributed by atoms with Crippen LogP contribution in [-0.2, 0) is 11.3 Å². The highest BCUT2D eigenvalue weighted by Gasteiger charge is 2.09. The van der Waals surface area contributed by atoms with E-state index < -0.39 is 0 Å².